The molecule has 2 saturated heterocycles. The number of nitrogens with zero attached hydrogens (tertiary/aromatic N) is 2. The highest BCUT2D eigenvalue weighted by Crippen LogP contribution is 2.40. The molecule has 0 radical (unpaired) electrons. The third-order valence-corrected chi connectivity index (χ3v) is 7.45. The van der Waals surface area contributed by atoms with Crippen LogP contribution in [0.3, 0.4) is 0 Å². The molecule has 2 bridgehead atoms. The van der Waals surface area contributed by atoms with E-state index in [4.69, 9.17) is 9.47 Å². The number of hydrogen-bond donors (Lipinski definition) is 0. The molecule has 3 aliphatic rings. The fourth-order valence-corrected chi connectivity index (χ4v) is 6.00. The van der Waals surface area contributed by atoms with Crippen LogP contribution in [-0.2, 0) is 0 Å². The van der Waals surface area contributed by atoms with Gasteiger partial charge in [0.1, 0.15) is 12.7 Å². The van der Waals surface area contributed by atoms with E-state index in [0.717, 1.165) is 68.8 Å². The lowest BCUT2D eigenvalue weighted by molar-refractivity contribution is 0.0355. The van der Waals surface area contributed by atoms with Gasteiger partial charge in [0.05, 0.1) is 0 Å². The van der Waals surface area contributed by atoms with Crippen molar-refractivity contribution in [1.82, 2.24) is 9.80 Å². The van der Waals surface area contributed by atoms with Gasteiger partial charge in [-0.05, 0) is 75.8 Å². The van der Waals surface area contributed by atoms with E-state index in [-0.39, 0.29) is 12.0 Å². The van der Waals surface area contributed by atoms with Gasteiger partial charge in [-0.25, -0.2) is 0 Å². The average Bonchev–Trinajstić information content (AvgIpc) is 3.09. The highest BCUT2D eigenvalue weighted by molar-refractivity contribution is 5.95. The molecule has 176 valence electrons. The van der Waals surface area contributed by atoms with Crippen LogP contribution >= 0.6 is 0 Å². The SMILES string of the molecule is CCCN(CC1COc2ccccc2O1)C[C@@H]1C[C@H]2CC[C@@H](C1)N2C(=O)c1ccc(C)cc1. The Morgan fingerprint density at radius 2 is 1.70 bits per heavy atom. The van der Waals surface area contributed by atoms with Gasteiger partial charge in [-0.15, -0.1) is 0 Å². The number of hydrogen-bond acceptors (Lipinski definition) is 4. The molecule has 5 rings (SSSR count). The number of rotatable bonds is 7. The number of carbonyl (C=O) groups is 1. The summed E-state index contributed by atoms with van der Waals surface area (Å²) in [5.74, 6) is 2.55. The lowest BCUT2D eigenvalue weighted by Gasteiger charge is -2.41. The summed E-state index contributed by atoms with van der Waals surface area (Å²) in [6.07, 6.45) is 5.69. The van der Waals surface area contributed by atoms with Crippen molar-refractivity contribution in [3.05, 3.63) is 59.7 Å². The molecule has 0 N–H and O–H groups in total. The van der Waals surface area contributed by atoms with Gasteiger partial charge in [-0.2, -0.15) is 0 Å². The van der Waals surface area contributed by atoms with Crippen molar-refractivity contribution in [2.75, 3.05) is 26.2 Å². The first-order valence-electron chi connectivity index (χ1n) is 12.6. The van der Waals surface area contributed by atoms with Crippen LogP contribution in [0.2, 0.25) is 0 Å². The van der Waals surface area contributed by atoms with Crippen LogP contribution in [0.5, 0.6) is 11.5 Å². The Morgan fingerprint density at radius 1 is 1.00 bits per heavy atom. The molecule has 1 amide bonds. The number of piperidine rings is 1. The summed E-state index contributed by atoms with van der Waals surface area (Å²) >= 11 is 0. The van der Waals surface area contributed by atoms with Crippen molar-refractivity contribution in [3.63, 3.8) is 0 Å². The van der Waals surface area contributed by atoms with Gasteiger partial charge >= 0.3 is 0 Å². The van der Waals surface area contributed by atoms with E-state index in [1.807, 2.05) is 48.5 Å². The summed E-state index contributed by atoms with van der Waals surface area (Å²) < 4.78 is 12.2. The molecule has 33 heavy (non-hydrogen) atoms. The number of ether oxygens (including phenoxy) is 2. The number of fused-ring (bicyclic) bond motifs is 3. The lowest BCUT2D eigenvalue weighted by Crippen LogP contribution is -2.49. The zero-order valence-corrected chi connectivity index (χ0v) is 19.9. The van der Waals surface area contributed by atoms with Crippen molar-refractivity contribution < 1.29 is 14.3 Å². The Labute approximate surface area is 197 Å². The Bertz CT molecular complexity index is 946. The first kappa shape index (κ1) is 22.3. The second-order valence-electron chi connectivity index (χ2n) is 10.1. The van der Waals surface area contributed by atoms with Crippen LogP contribution in [-0.4, -0.2) is 60.1 Å². The minimum Gasteiger partial charge on any atom is -0.486 e. The molecule has 0 spiro atoms. The minimum absolute atomic E-state index is 0.0615. The van der Waals surface area contributed by atoms with E-state index >= 15 is 0 Å². The summed E-state index contributed by atoms with van der Waals surface area (Å²) in [6, 6.07) is 16.7. The van der Waals surface area contributed by atoms with Crippen molar-refractivity contribution in [2.45, 2.75) is 64.1 Å². The maximum atomic E-state index is 13.3. The molecule has 5 nitrogen and oxygen atoms in total. The number of carbonyl (C=O) groups excluding carboxylic acids is 1. The van der Waals surface area contributed by atoms with Crippen molar-refractivity contribution >= 4 is 5.91 Å². The largest absolute Gasteiger partial charge is 0.486 e. The van der Waals surface area contributed by atoms with Gasteiger partial charge in [-0.3, -0.25) is 9.69 Å². The van der Waals surface area contributed by atoms with Gasteiger partial charge in [0.25, 0.3) is 5.91 Å². The number of benzene rings is 2. The molecule has 3 heterocycles. The van der Waals surface area contributed by atoms with Gasteiger partial charge in [0.2, 0.25) is 0 Å². The monoisotopic (exact) mass is 448 g/mol. The van der Waals surface area contributed by atoms with E-state index in [9.17, 15) is 4.79 Å². The first-order valence-corrected chi connectivity index (χ1v) is 12.6. The quantitative estimate of drug-likeness (QED) is 0.602. The molecule has 2 aromatic carbocycles. The molecular formula is C28H36N2O3. The highest BCUT2D eigenvalue weighted by atomic mass is 16.6. The molecule has 1 unspecified atom stereocenters. The van der Waals surface area contributed by atoms with Gasteiger partial charge in [0.15, 0.2) is 11.5 Å². The number of para-hydroxylation sites is 2. The molecule has 3 aliphatic heterocycles. The average molecular weight is 449 g/mol. The summed E-state index contributed by atoms with van der Waals surface area (Å²) in [5.41, 5.74) is 2.03. The van der Waals surface area contributed by atoms with Crippen molar-refractivity contribution in [1.29, 1.82) is 0 Å². The maximum absolute atomic E-state index is 13.3. The molecule has 2 fully saturated rings. The van der Waals surface area contributed by atoms with E-state index < -0.39 is 0 Å². The van der Waals surface area contributed by atoms with Crippen molar-refractivity contribution in [2.24, 2.45) is 5.92 Å². The second-order valence-corrected chi connectivity index (χ2v) is 10.1. The molecular weight excluding hydrogens is 412 g/mol. The summed E-state index contributed by atoms with van der Waals surface area (Å²) in [6.45, 7) is 7.95. The normalized spacial score (nSPS) is 26.0. The number of amides is 1. The summed E-state index contributed by atoms with van der Waals surface area (Å²) in [5, 5.41) is 0. The van der Waals surface area contributed by atoms with E-state index in [1.165, 1.54) is 5.56 Å². The second kappa shape index (κ2) is 9.76. The van der Waals surface area contributed by atoms with Crippen LogP contribution in [0.15, 0.2) is 48.5 Å². The topological polar surface area (TPSA) is 42.0 Å². The van der Waals surface area contributed by atoms with Crippen LogP contribution in [0.1, 0.15) is 54.9 Å². The molecule has 0 saturated carbocycles. The zero-order chi connectivity index (χ0) is 22.8. The third-order valence-electron chi connectivity index (χ3n) is 7.45. The molecule has 0 aromatic heterocycles. The molecule has 4 atom stereocenters. The number of aryl methyl sites for hydroxylation is 1. The summed E-state index contributed by atoms with van der Waals surface area (Å²) in [4.78, 5) is 18.0. The lowest BCUT2D eigenvalue weighted by atomic mass is 9.89. The summed E-state index contributed by atoms with van der Waals surface area (Å²) in [7, 11) is 0. The van der Waals surface area contributed by atoms with Crippen LogP contribution in [0.25, 0.3) is 0 Å². The highest BCUT2D eigenvalue weighted by Gasteiger charge is 2.43. The predicted molar refractivity (Wildman–Crippen MR) is 130 cm³/mol. The van der Waals surface area contributed by atoms with Crippen LogP contribution in [0.4, 0.5) is 0 Å². The van der Waals surface area contributed by atoms with Gasteiger partial charge in [0, 0.05) is 30.7 Å². The Hall–Kier alpha value is -2.53. The van der Waals surface area contributed by atoms with E-state index in [0.29, 0.717) is 24.6 Å². The predicted octanol–water partition coefficient (Wildman–Crippen LogP) is 4.93. The van der Waals surface area contributed by atoms with Crippen LogP contribution < -0.4 is 9.47 Å². The fraction of sp³-hybridized carbons (Fsp3) is 0.536. The minimum atomic E-state index is 0.0615. The Morgan fingerprint density at radius 3 is 2.39 bits per heavy atom. The Balaban J connectivity index is 1.20. The van der Waals surface area contributed by atoms with Gasteiger partial charge in [-0.1, -0.05) is 36.8 Å². The Kier molecular flexibility index (Phi) is 6.59. The molecule has 2 aromatic rings. The smallest absolute Gasteiger partial charge is 0.254 e. The standard InChI is InChI=1S/C28H36N2O3/c1-3-14-29(18-25-19-32-26-6-4-5-7-27(26)33-25)17-21-15-23-12-13-24(16-21)30(23)28(31)22-10-8-20(2)9-11-22/h4-11,21,23-25H,3,12-19H2,1-2H3/t21-,23-,24+,25?. The zero-order valence-electron chi connectivity index (χ0n) is 19.9. The van der Waals surface area contributed by atoms with E-state index in [2.05, 4.69) is 23.6 Å². The van der Waals surface area contributed by atoms with Crippen LogP contribution in [0, 0.1) is 12.8 Å². The van der Waals surface area contributed by atoms with Crippen molar-refractivity contribution in [3.8, 4) is 11.5 Å². The fourth-order valence-electron chi connectivity index (χ4n) is 6.00. The first-order chi connectivity index (χ1) is 16.1. The maximum Gasteiger partial charge on any atom is 0.254 e. The third kappa shape index (κ3) is 4.89. The van der Waals surface area contributed by atoms with Gasteiger partial charge < -0.3 is 14.4 Å². The van der Waals surface area contributed by atoms with E-state index in [1.54, 1.807) is 0 Å². The molecule has 5 heteroatoms. The molecule has 0 aliphatic carbocycles.